The quantitative estimate of drug-likeness (QED) is 0.609. The van der Waals surface area contributed by atoms with Crippen LogP contribution in [0.25, 0.3) is 22.3 Å². The Kier molecular flexibility index (Phi) is 3.08. The van der Waals surface area contributed by atoms with Crippen molar-refractivity contribution in [1.82, 2.24) is 9.55 Å². The van der Waals surface area contributed by atoms with Gasteiger partial charge in [0.15, 0.2) is 6.23 Å². The first-order chi connectivity index (χ1) is 10.7. The predicted octanol–water partition coefficient (Wildman–Crippen LogP) is 5.19. The summed E-state index contributed by atoms with van der Waals surface area (Å²) in [4.78, 5) is 4.37. The number of benzene rings is 1. The van der Waals surface area contributed by atoms with Crippen molar-refractivity contribution >= 4 is 22.5 Å². The third-order valence-electron chi connectivity index (χ3n) is 3.98. The van der Waals surface area contributed by atoms with Gasteiger partial charge in [0.2, 0.25) is 0 Å². The van der Waals surface area contributed by atoms with E-state index >= 15 is 0 Å². The van der Waals surface area contributed by atoms with E-state index in [1.54, 1.807) is 12.1 Å². The molecule has 0 amide bonds. The Morgan fingerprint density at radius 1 is 1.32 bits per heavy atom. The van der Waals surface area contributed by atoms with Crippen molar-refractivity contribution in [3.05, 3.63) is 47.4 Å². The normalized spacial score (nSPS) is 16.2. The highest BCUT2D eigenvalue weighted by Gasteiger charge is 2.28. The van der Waals surface area contributed by atoms with Crippen LogP contribution in [-0.2, 0) is 0 Å². The first-order valence-corrected chi connectivity index (χ1v) is 7.70. The molecule has 1 unspecified atom stereocenters. The largest absolute Gasteiger partial charge is 0.468 e. The van der Waals surface area contributed by atoms with Gasteiger partial charge < -0.3 is 9.30 Å². The molecule has 1 atom stereocenters. The minimum Gasteiger partial charge on any atom is -0.468 e. The van der Waals surface area contributed by atoms with Crippen molar-refractivity contribution in [2.75, 3.05) is 0 Å². The summed E-state index contributed by atoms with van der Waals surface area (Å²) in [6, 6.07) is 10.5. The highest BCUT2D eigenvalue weighted by atomic mass is 35.5. The van der Waals surface area contributed by atoms with Crippen LogP contribution in [0.4, 0.5) is 4.39 Å². The molecule has 3 aromatic rings. The average Bonchev–Trinajstić information content (AvgIpc) is 2.90. The average molecular weight is 317 g/mol. The number of nitrogens with zero attached hydrogens (tertiary/aromatic N) is 2. The van der Waals surface area contributed by atoms with Crippen LogP contribution in [0.2, 0.25) is 5.15 Å². The molecule has 1 aliphatic rings. The zero-order chi connectivity index (χ0) is 15.3. The van der Waals surface area contributed by atoms with E-state index in [0.29, 0.717) is 22.0 Å². The van der Waals surface area contributed by atoms with Crippen LogP contribution in [0.1, 0.15) is 26.0 Å². The summed E-state index contributed by atoms with van der Waals surface area (Å²) >= 11 is 6.02. The lowest BCUT2D eigenvalue weighted by atomic mass is 10.2. The molecule has 3 heterocycles. The van der Waals surface area contributed by atoms with E-state index in [1.165, 1.54) is 6.07 Å². The van der Waals surface area contributed by atoms with Crippen LogP contribution < -0.4 is 4.74 Å². The molecular formula is C17H14ClFN2O. The lowest BCUT2D eigenvalue weighted by Crippen LogP contribution is -2.21. The standard InChI is InChI=1S/C17H14ClFN2O/c1-2-4-16-21-12-6-3-5-11(19)10(12)9-13(21)17-14(22-16)7-8-15(18)20-17/h3,5-9,16H,2,4H2,1H3. The number of fused-ring (bicyclic) bond motifs is 5. The molecule has 0 saturated carbocycles. The van der Waals surface area contributed by atoms with Gasteiger partial charge in [0, 0.05) is 11.8 Å². The van der Waals surface area contributed by atoms with E-state index in [9.17, 15) is 4.39 Å². The van der Waals surface area contributed by atoms with Gasteiger partial charge in [-0.05, 0) is 30.3 Å². The minimum absolute atomic E-state index is 0.158. The molecule has 22 heavy (non-hydrogen) atoms. The predicted molar refractivity (Wildman–Crippen MR) is 84.7 cm³/mol. The summed E-state index contributed by atoms with van der Waals surface area (Å²) in [6.07, 6.45) is 1.65. The Labute approximate surface area is 132 Å². The van der Waals surface area contributed by atoms with Crippen molar-refractivity contribution in [3.8, 4) is 17.1 Å². The Bertz CT molecular complexity index is 874. The minimum atomic E-state index is -0.238. The fourth-order valence-electron chi connectivity index (χ4n) is 3.04. The third kappa shape index (κ3) is 1.91. The molecule has 112 valence electrons. The fourth-order valence-corrected chi connectivity index (χ4v) is 3.19. The molecule has 0 aliphatic carbocycles. The van der Waals surface area contributed by atoms with E-state index in [2.05, 4.69) is 11.9 Å². The SMILES string of the molecule is CCCC1Oc2ccc(Cl)nc2-c2cc3c(F)cccc3n21. The highest BCUT2D eigenvalue weighted by Crippen LogP contribution is 2.43. The number of ether oxygens (including phenoxy) is 1. The molecule has 0 radical (unpaired) electrons. The number of hydrogen-bond donors (Lipinski definition) is 0. The third-order valence-corrected chi connectivity index (χ3v) is 4.19. The van der Waals surface area contributed by atoms with Gasteiger partial charge in [0.25, 0.3) is 0 Å². The van der Waals surface area contributed by atoms with E-state index in [1.807, 2.05) is 22.8 Å². The molecule has 1 aliphatic heterocycles. The number of rotatable bonds is 2. The number of halogens is 2. The molecule has 0 saturated heterocycles. The molecule has 0 fully saturated rings. The van der Waals surface area contributed by atoms with Crippen LogP contribution in [0.3, 0.4) is 0 Å². The highest BCUT2D eigenvalue weighted by molar-refractivity contribution is 6.29. The van der Waals surface area contributed by atoms with Gasteiger partial charge in [0.1, 0.15) is 22.4 Å². The van der Waals surface area contributed by atoms with Gasteiger partial charge in [0.05, 0.1) is 11.2 Å². The summed E-state index contributed by atoms with van der Waals surface area (Å²) in [5.41, 5.74) is 2.33. The molecule has 0 spiro atoms. The molecule has 5 heteroatoms. The van der Waals surface area contributed by atoms with Crippen LogP contribution in [-0.4, -0.2) is 9.55 Å². The van der Waals surface area contributed by atoms with E-state index in [4.69, 9.17) is 16.3 Å². The Morgan fingerprint density at radius 3 is 3.00 bits per heavy atom. The van der Waals surface area contributed by atoms with Crippen molar-refractivity contribution in [2.24, 2.45) is 0 Å². The van der Waals surface area contributed by atoms with Crippen LogP contribution in [0.5, 0.6) is 5.75 Å². The maximum atomic E-state index is 14.1. The van der Waals surface area contributed by atoms with Crippen LogP contribution in [0.15, 0.2) is 36.4 Å². The van der Waals surface area contributed by atoms with E-state index in [0.717, 1.165) is 24.1 Å². The summed E-state index contributed by atoms with van der Waals surface area (Å²) < 4.78 is 22.2. The van der Waals surface area contributed by atoms with Gasteiger partial charge in [-0.2, -0.15) is 0 Å². The van der Waals surface area contributed by atoms with Crippen molar-refractivity contribution in [2.45, 2.75) is 26.0 Å². The number of aromatic nitrogens is 2. The summed E-state index contributed by atoms with van der Waals surface area (Å²) in [6.45, 7) is 2.10. The zero-order valence-corrected chi connectivity index (χ0v) is 12.8. The molecule has 4 rings (SSSR count). The van der Waals surface area contributed by atoms with Crippen molar-refractivity contribution in [3.63, 3.8) is 0 Å². The number of hydrogen-bond acceptors (Lipinski definition) is 2. The molecule has 3 nitrogen and oxygen atoms in total. The topological polar surface area (TPSA) is 27.1 Å². The smallest absolute Gasteiger partial charge is 0.176 e. The monoisotopic (exact) mass is 316 g/mol. The molecule has 1 aromatic carbocycles. The number of pyridine rings is 1. The van der Waals surface area contributed by atoms with Gasteiger partial charge in [-0.3, -0.25) is 0 Å². The Balaban J connectivity index is 2.05. The van der Waals surface area contributed by atoms with Gasteiger partial charge in [-0.25, -0.2) is 9.37 Å². The molecule has 0 N–H and O–H groups in total. The van der Waals surface area contributed by atoms with Gasteiger partial charge in [-0.1, -0.05) is 31.0 Å². The van der Waals surface area contributed by atoms with E-state index in [-0.39, 0.29) is 12.0 Å². The lowest BCUT2D eigenvalue weighted by Gasteiger charge is -2.29. The van der Waals surface area contributed by atoms with Gasteiger partial charge >= 0.3 is 0 Å². The summed E-state index contributed by atoms with van der Waals surface area (Å²) in [7, 11) is 0. The van der Waals surface area contributed by atoms with Crippen molar-refractivity contribution in [1.29, 1.82) is 0 Å². The molecular weight excluding hydrogens is 303 g/mol. The first kappa shape index (κ1) is 13.6. The fraction of sp³-hybridized carbons (Fsp3) is 0.235. The second-order valence-corrected chi connectivity index (χ2v) is 5.80. The van der Waals surface area contributed by atoms with Crippen LogP contribution >= 0.6 is 11.6 Å². The second-order valence-electron chi connectivity index (χ2n) is 5.41. The van der Waals surface area contributed by atoms with E-state index < -0.39 is 0 Å². The maximum absolute atomic E-state index is 14.1. The van der Waals surface area contributed by atoms with Crippen LogP contribution in [0, 0.1) is 5.82 Å². The maximum Gasteiger partial charge on any atom is 0.176 e. The molecule has 2 aromatic heterocycles. The Morgan fingerprint density at radius 2 is 2.18 bits per heavy atom. The summed E-state index contributed by atoms with van der Waals surface area (Å²) in [5, 5.41) is 0.977. The zero-order valence-electron chi connectivity index (χ0n) is 12.0. The van der Waals surface area contributed by atoms with Gasteiger partial charge in [-0.15, -0.1) is 0 Å². The molecule has 0 bridgehead atoms. The summed E-state index contributed by atoms with van der Waals surface area (Å²) in [5.74, 6) is 0.455. The Hall–Kier alpha value is -2.07. The van der Waals surface area contributed by atoms with Crippen molar-refractivity contribution < 1.29 is 9.13 Å². The second kappa shape index (κ2) is 4.99. The first-order valence-electron chi connectivity index (χ1n) is 7.32. The lowest BCUT2D eigenvalue weighted by molar-refractivity contribution is 0.120.